The number of benzene rings is 2. The molecular formula is C15H16ClNO. The topological polar surface area (TPSA) is 35.2 Å². The molecule has 0 unspecified atom stereocenters. The molecular weight excluding hydrogens is 246 g/mol. The standard InChI is InChI=1S/C15H16ClNO/c1-10-3-6-15(18-2)12(7-10)8-11-4-5-13(16)14(17)9-11/h3-7,9H,8,17H2,1-2H3. The van der Waals surface area contributed by atoms with Crippen LogP contribution in [0, 0.1) is 6.92 Å². The van der Waals surface area contributed by atoms with Crippen molar-refractivity contribution in [1.82, 2.24) is 0 Å². The van der Waals surface area contributed by atoms with Gasteiger partial charge in [0.15, 0.2) is 0 Å². The molecule has 0 aliphatic rings. The minimum Gasteiger partial charge on any atom is -0.496 e. The minimum atomic E-state index is 0.593. The van der Waals surface area contributed by atoms with E-state index in [2.05, 4.69) is 13.0 Å². The number of anilines is 1. The van der Waals surface area contributed by atoms with Gasteiger partial charge in [-0.3, -0.25) is 0 Å². The Morgan fingerprint density at radius 1 is 1.17 bits per heavy atom. The maximum Gasteiger partial charge on any atom is 0.122 e. The fraction of sp³-hybridized carbons (Fsp3) is 0.200. The summed E-state index contributed by atoms with van der Waals surface area (Å²) in [6, 6.07) is 11.9. The zero-order valence-corrected chi connectivity index (χ0v) is 11.3. The maximum atomic E-state index is 5.92. The first-order valence-corrected chi connectivity index (χ1v) is 6.15. The number of hydrogen-bond acceptors (Lipinski definition) is 2. The quantitative estimate of drug-likeness (QED) is 0.853. The molecule has 0 amide bonds. The largest absolute Gasteiger partial charge is 0.496 e. The second kappa shape index (κ2) is 5.32. The third-order valence-corrected chi connectivity index (χ3v) is 3.24. The SMILES string of the molecule is COc1ccc(C)cc1Cc1ccc(Cl)c(N)c1. The van der Waals surface area contributed by atoms with Gasteiger partial charge in [0.25, 0.3) is 0 Å². The Kier molecular flexibility index (Phi) is 3.78. The molecule has 0 saturated heterocycles. The molecule has 0 saturated carbocycles. The Morgan fingerprint density at radius 2 is 1.94 bits per heavy atom. The second-order valence-electron chi connectivity index (χ2n) is 4.35. The first kappa shape index (κ1) is 12.8. The van der Waals surface area contributed by atoms with Gasteiger partial charge in [-0.15, -0.1) is 0 Å². The van der Waals surface area contributed by atoms with Crippen LogP contribution in [0.5, 0.6) is 5.75 Å². The summed E-state index contributed by atoms with van der Waals surface area (Å²) in [7, 11) is 1.68. The lowest BCUT2D eigenvalue weighted by molar-refractivity contribution is 0.410. The molecule has 0 heterocycles. The molecule has 2 N–H and O–H groups in total. The van der Waals surface area contributed by atoms with Gasteiger partial charge in [0.2, 0.25) is 0 Å². The molecule has 2 aromatic carbocycles. The molecule has 2 nitrogen and oxygen atoms in total. The molecule has 0 spiro atoms. The van der Waals surface area contributed by atoms with Crippen LogP contribution in [0.1, 0.15) is 16.7 Å². The van der Waals surface area contributed by atoms with Crippen molar-refractivity contribution < 1.29 is 4.74 Å². The monoisotopic (exact) mass is 261 g/mol. The van der Waals surface area contributed by atoms with Crippen molar-refractivity contribution in [2.45, 2.75) is 13.3 Å². The lowest BCUT2D eigenvalue weighted by Crippen LogP contribution is -1.96. The van der Waals surface area contributed by atoms with Crippen LogP contribution >= 0.6 is 11.6 Å². The van der Waals surface area contributed by atoms with Gasteiger partial charge >= 0.3 is 0 Å². The number of methoxy groups -OCH3 is 1. The van der Waals surface area contributed by atoms with Crippen molar-refractivity contribution in [3.8, 4) is 5.75 Å². The van der Waals surface area contributed by atoms with E-state index >= 15 is 0 Å². The third-order valence-electron chi connectivity index (χ3n) is 2.89. The number of nitrogens with two attached hydrogens (primary N) is 1. The fourth-order valence-corrected chi connectivity index (χ4v) is 2.09. The highest BCUT2D eigenvalue weighted by Crippen LogP contribution is 2.25. The van der Waals surface area contributed by atoms with Crippen molar-refractivity contribution in [3.05, 3.63) is 58.1 Å². The van der Waals surface area contributed by atoms with Crippen molar-refractivity contribution in [3.63, 3.8) is 0 Å². The molecule has 94 valence electrons. The second-order valence-corrected chi connectivity index (χ2v) is 4.76. The highest BCUT2D eigenvalue weighted by atomic mass is 35.5. The first-order chi connectivity index (χ1) is 8.60. The van der Waals surface area contributed by atoms with E-state index < -0.39 is 0 Å². The van der Waals surface area contributed by atoms with Gasteiger partial charge in [-0.25, -0.2) is 0 Å². The molecule has 0 aliphatic heterocycles. The molecule has 0 aromatic heterocycles. The maximum absolute atomic E-state index is 5.92. The number of halogens is 1. The summed E-state index contributed by atoms with van der Waals surface area (Å²) in [5.74, 6) is 0.897. The Bertz CT molecular complexity index is 566. The van der Waals surface area contributed by atoms with Crippen molar-refractivity contribution in [2.75, 3.05) is 12.8 Å². The van der Waals surface area contributed by atoms with Gasteiger partial charge in [0.05, 0.1) is 17.8 Å². The Morgan fingerprint density at radius 3 is 2.61 bits per heavy atom. The molecule has 18 heavy (non-hydrogen) atoms. The van der Waals surface area contributed by atoms with Crippen LogP contribution in [0.4, 0.5) is 5.69 Å². The smallest absolute Gasteiger partial charge is 0.122 e. The normalized spacial score (nSPS) is 10.4. The predicted molar refractivity (Wildman–Crippen MR) is 76.4 cm³/mol. The lowest BCUT2D eigenvalue weighted by Gasteiger charge is -2.10. The summed E-state index contributed by atoms with van der Waals surface area (Å²) >= 11 is 5.92. The molecule has 0 radical (unpaired) electrons. The molecule has 0 aliphatic carbocycles. The van der Waals surface area contributed by atoms with E-state index in [1.165, 1.54) is 5.56 Å². The molecule has 3 heteroatoms. The van der Waals surface area contributed by atoms with E-state index in [-0.39, 0.29) is 0 Å². The van der Waals surface area contributed by atoms with E-state index in [1.54, 1.807) is 7.11 Å². The Labute approximate surface area is 112 Å². The fourth-order valence-electron chi connectivity index (χ4n) is 1.97. The van der Waals surface area contributed by atoms with Gasteiger partial charge in [0, 0.05) is 6.42 Å². The van der Waals surface area contributed by atoms with Gasteiger partial charge in [-0.2, -0.15) is 0 Å². The van der Waals surface area contributed by atoms with Crippen LogP contribution in [0.2, 0.25) is 5.02 Å². The van der Waals surface area contributed by atoms with E-state index in [1.807, 2.05) is 30.3 Å². The number of aryl methyl sites for hydroxylation is 1. The number of hydrogen-bond donors (Lipinski definition) is 1. The van der Waals surface area contributed by atoms with Crippen molar-refractivity contribution in [2.24, 2.45) is 0 Å². The summed E-state index contributed by atoms with van der Waals surface area (Å²) in [5.41, 5.74) is 9.92. The zero-order valence-electron chi connectivity index (χ0n) is 10.5. The first-order valence-electron chi connectivity index (χ1n) is 5.77. The van der Waals surface area contributed by atoms with Crippen molar-refractivity contribution in [1.29, 1.82) is 0 Å². The van der Waals surface area contributed by atoms with E-state index in [0.29, 0.717) is 10.7 Å². The van der Waals surface area contributed by atoms with E-state index in [0.717, 1.165) is 23.3 Å². The summed E-state index contributed by atoms with van der Waals surface area (Å²) in [6.45, 7) is 2.07. The number of rotatable bonds is 3. The van der Waals surface area contributed by atoms with Gasteiger partial charge in [-0.1, -0.05) is 35.4 Å². The van der Waals surface area contributed by atoms with Crippen LogP contribution in [-0.4, -0.2) is 7.11 Å². The summed E-state index contributed by atoms with van der Waals surface area (Å²) in [4.78, 5) is 0. The molecule has 2 aromatic rings. The van der Waals surface area contributed by atoms with Gasteiger partial charge in [0.1, 0.15) is 5.75 Å². The van der Waals surface area contributed by atoms with Crippen LogP contribution in [0.3, 0.4) is 0 Å². The Hall–Kier alpha value is -1.67. The van der Waals surface area contributed by atoms with Crippen molar-refractivity contribution >= 4 is 17.3 Å². The highest BCUT2D eigenvalue weighted by molar-refractivity contribution is 6.33. The van der Waals surface area contributed by atoms with Crippen LogP contribution in [-0.2, 0) is 6.42 Å². The molecule has 0 fully saturated rings. The predicted octanol–water partition coefficient (Wildman–Crippen LogP) is 3.83. The average Bonchev–Trinajstić information content (AvgIpc) is 2.34. The molecule has 2 rings (SSSR count). The number of nitrogen functional groups attached to an aromatic ring is 1. The minimum absolute atomic E-state index is 0.593. The zero-order chi connectivity index (χ0) is 13.1. The van der Waals surface area contributed by atoms with Crippen LogP contribution in [0.25, 0.3) is 0 Å². The molecule has 0 bridgehead atoms. The lowest BCUT2D eigenvalue weighted by atomic mass is 10.0. The van der Waals surface area contributed by atoms with Crippen LogP contribution < -0.4 is 10.5 Å². The van der Waals surface area contributed by atoms with Gasteiger partial charge in [-0.05, 0) is 36.2 Å². The number of ether oxygens (including phenoxy) is 1. The summed E-state index contributed by atoms with van der Waals surface area (Å²) in [6.07, 6.45) is 0.784. The molecule has 0 atom stereocenters. The summed E-state index contributed by atoms with van der Waals surface area (Å²) in [5, 5.41) is 0.593. The average molecular weight is 262 g/mol. The third kappa shape index (κ3) is 2.77. The van der Waals surface area contributed by atoms with E-state index in [4.69, 9.17) is 22.1 Å². The summed E-state index contributed by atoms with van der Waals surface area (Å²) < 4.78 is 5.37. The van der Waals surface area contributed by atoms with Crippen LogP contribution in [0.15, 0.2) is 36.4 Å². The van der Waals surface area contributed by atoms with Gasteiger partial charge < -0.3 is 10.5 Å². The van der Waals surface area contributed by atoms with E-state index in [9.17, 15) is 0 Å². The highest BCUT2D eigenvalue weighted by Gasteiger charge is 2.06. The Balaban J connectivity index is 2.33.